The lowest BCUT2D eigenvalue weighted by Gasteiger charge is -2.40. The first kappa shape index (κ1) is 26.5. The minimum atomic E-state index is -0.426. The maximum Gasteiger partial charge on any atom is 0.338 e. The highest BCUT2D eigenvalue weighted by molar-refractivity contribution is 6.06. The summed E-state index contributed by atoms with van der Waals surface area (Å²) in [6.45, 7) is 9.38. The van der Waals surface area contributed by atoms with Crippen LogP contribution in [0.3, 0.4) is 0 Å². The van der Waals surface area contributed by atoms with Crippen LogP contribution < -0.4 is 0 Å². The molecule has 0 N–H and O–H groups in total. The van der Waals surface area contributed by atoms with Gasteiger partial charge in [-0.2, -0.15) is 0 Å². The second-order valence-corrected chi connectivity index (χ2v) is 9.81. The molecule has 196 valence electrons. The van der Waals surface area contributed by atoms with Gasteiger partial charge >= 0.3 is 11.9 Å². The highest BCUT2D eigenvalue weighted by Crippen LogP contribution is 2.32. The van der Waals surface area contributed by atoms with Crippen molar-refractivity contribution >= 4 is 22.7 Å². The third kappa shape index (κ3) is 6.24. The Balaban J connectivity index is 1.23. The number of carbonyl (C=O) groups is 2. The highest BCUT2D eigenvalue weighted by Gasteiger charge is 2.37. The Hall–Kier alpha value is -2.52. The van der Waals surface area contributed by atoms with Gasteiger partial charge in [0.2, 0.25) is 0 Å². The number of benzene rings is 2. The van der Waals surface area contributed by atoms with Crippen molar-refractivity contribution in [2.45, 2.75) is 26.7 Å². The third-order valence-electron chi connectivity index (χ3n) is 7.21. The van der Waals surface area contributed by atoms with Crippen LogP contribution in [0.4, 0.5) is 0 Å². The molecule has 2 aromatic rings. The lowest BCUT2D eigenvalue weighted by Crippen LogP contribution is -2.45. The summed E-state index contributed by atoms with van der Waals surface area (Å²) in [5.74, 6) is -0.847. The predicted molar refractivity (Wildman–Crippen MR) is 133 cm³/mol. The van der Waals surface area contributed by atoms with E-state index in [1.165, 1.54) is 0 Å². The van der Waals surface area contributed by atoms with Crippen molar-refractivity contribution in [2.75, 3.05) is 66.1 Å². The number of ether oxygens (including phenoxy) is 6. The molecule has 36 heavy (non-hydrogen) atoms. The lowest BCUT2D eigenvalue weighted by molar-refractivity contribution is -0.151. The van der Waals surface area contributed by atoms with Crippen molar-refractivity contribution in [1.29, 1.82) is 0 Å². The molecule has 0 atom stereocenters. The average molecular weight is 501 g/mol. The van der Waals surface area contributed by atoms with E-state index in [-0.39, 0.29) is 24.0 Å². The van der Waals surface area contributed by atoms with Crippen LogP contribution in [0, 0.1) is 10.8 Å². The SMILES string of the molecule is CCC1(COCCOC(=O)c2ccc3c(C(=O)OCCOCC4(CC)COC4)cccc3c2)COC1. The van der Waals surface area contributed by atoms with Gasteiger partial charge in [-0.15, -0.1) is 0 Å². The molecule has 0 aromatic heterocycles. The van der Waals surface area contributed by atoms with E-state index in [4.69, 9.17) is 28.4 Å². The summed E-state index contributed by atoms with van der Waals surface area (Å²) in [5, 5.41) is 1.48. The molecule has 8 heteroatoms. The first-order valence-corrected chi connectivity index (χ1v) is 12.7. The number of fused-ring (bicyclic) bond motifs is 1. The van der Waals surface area contributed by atoms with Gasteiger partial charge in [0.1, 0.15) is 13.2 Å². The van der Waals surface area contributed by atoms with Crippen LogP contribution in [0.2, 0.25) is 0 Å². The van der Waals surface area contributed by atoms with Crippen LogP contribution in [-0.2, 0) is 28.4 Å². The second kappa shape index (κ2) is 12.1. The standard InChI is InChI=1S/C28H36O8/c1-3-27(17-33-18-27)15-31-10-12-35-25(29)22-8-9-23-21(14-22)6-5-7-24(23)26(30)36-13-11-32-16-28(4-2)19-34-20-28/h5-9,14H,3-4,10-13,15-20H2,1-2H3. The monoisotopic (exact) mass is 500 g/mol. The molecule has 8 nitrogen and oxygen atoms in total. The van der Waals surface area contributed by atoms with Crippen molar-refractivity contribution in [1.82, 2.24) is 0 Å². The van der Waals surface area contributed by atoms with Crippen LogP contribution in [0.1, 0.15) is 47.4 Å². The zero-order valence-electron chi connectivity index (χ0n) is 21.2. The molecular formula is C28H36O8. The molecule has 2 aromatic carbocycles. The summed E-state index contributed by atoms with van der Waals surface area (Å²) in [4.78, 5) is 25.2. The maximum atomic E-state index is 12.7. The highest BCUT2D eigenvalue weighted by atomic mass is 16.6. The van der Waals surface area contributed by atoms with Gasteiger partial charge in [0, 0.05) is 10.8 Å². The molecule has 2 aliphatic heterocycles. The number of carbonyl (C=O) groups excluding carboxylic acids is 2. The molecule has 0 spiro atoms. The largest absolute Gasteiger partial charge is 0.460 e. The summed E-state index contributed by atoms with van der Waals surface area (Å²) < 4.78 is 32.8. The van der Waals surface area contributed by atoms with Gasteiger partial charge in [0.25, 0.3) is 0 Å². The molecule has 2 saturated heterocycles. The van der Waals surface area contributed by atoms with Crippen LogP contribution in [0.15, 0.2) is 36.4 Å². The second-order valence-electron chi connectivity index (χ2n) is 9.81. The Bertz CT molecular complexity index is 1030. The first-order valence-electron chi connectivity index (χ1n) is 12.7. The van der Waals surface area contributed by atoms with Crippen LogP contribution >= 0.6 is 0 Å². The Morgan fingerprint density at radius 3 is 1.89 bits per heavy atom. The molecule has 0 bridgehead atoms. The van der Waals surface area contributed by atoms with E-state index in [2.05, 4.69) is 13.8 Å². The van der Waals surface area contributed by atoms with Gasteiger partial charge in [-0.05, 0) is 41.8 Å². The van der Waals surface area contributed by atoms with Gasteiger partial charge in [-0.3, -0.25) is 0 Å². The van der Waals surface area contributed by atoms with E-state index in [9.17, 15) is 9.59 Å². The average Bonchev–Trinajstić information content (AvgIpc) is 2.85. The molecule has 2 heterocycles. The molecule has 0 unspecified atom stereocenters. The fraction of sp³-hybridized carbons (Fsp3) is 0.571. The third-order valence-corrected chi connectivity index (χ3v) is 7.21. The Morgan fingerprint density at radius 1 is 0.778 bits per heavy atom. The van der Waals surface area contributed by atoms with Crippen LogP contribution in [-0.4, -0.2) is 78.0 Å². The van der Waals surface area contributed by atoms with Crippen LogP contribution in [0.25, 0.3) is 10.8 Å². The molecule has 0 radical (unpaired) electrons. The molecule has 2 fully saturated rings. The Labute approximate surface area is 212 Å². The summed E-state index contributed by atoms with van der Waals surface area (Å²) in [7, 11) is 0. The molecule has 0 saturated carbocycles. The van der Waals surface area contributed by atoms with Crippen molar-refractivity contribution < 1.29 is 38.0 Å². The smallest absolute Gasteiger partial charge is 0.338 e. The first-order chi connectivity index (χ1) is 17.5. The van der Waals surface area contributed by atoms with Gasteiger partial charge in [-0.1, -0.05) is 32.0 Å². The fourth-order valence-corrected chi connectivity index (χ4v) is 4.27. The normalized spacial score (nSPS) is 17.7. The zero-order valence-corrected chi connectivity index (χ0v) is 21.2. The summed E-state index contributed by atoms with van der Waals surface area (Å²) in [6, 6.07) is 10.5. The maximum absolute atomic E-state index is 12.7. The van der Waals surface area contributed by atoms with Crippen LogP contribution in [0.5, 0.6) is 0 Å². The topological polar surface area (TPSA) is 89.5 Å². The van der Waals surface area contributed by atoms with Gasteiger partial charge < -0.3 is 28.4 Å². The van der Waals surface area contributed by atoms with Crippen molar-refractivity contribution in [2.24, 2.45) is 10.8 Å². The molecule has 4 rings (SSSR count). The Morgan fingerprint density at radius 2 is 1.36 bits per heavy atom. The van der Waals surface area contributed by atoms with Gasteiger partial charge in [0.05, 0.1) is 64.0 Å². The number of rotatable bonds is 14. The van der Waals surface area contributed by atoms with E-state index in [1.54, 1.807) is 30.3 Å². The fourth-order valence-electron chi connectivity index (χ4n) is 4.27. The number of hydrogen-bond acceptors (Lipinski definition) is 8. The Kier molecular flexibility index (Phi) is 8.95. The van der Waals surface area contributed by atoms with Gasteiger partial charge in [-0.25, -0.2) is 9.59 Å². The molecule has 0 aliphatic carbocycles. The summed E-state index contributed by atoms with van der Waals surface area (Å²) >= 11 is 0. The quantitative estimate of drug-likeness (QED) is 0.284. The molecule has 0 amide bonds. The predicted octanol–water partition coefficient (Wildman–Crippen LogP) is 4.04. The minimum absolute atomic E-state index is 0.106. The minimum Gasteiger partial charge on any atom is -0.460 e. The lowest BCUT2D eigenvalue weighted by atomic mass is 9.84. The van der Waals surface area contributed by atoms with E-state index < -0.39 is 11.9 Å². The summed E-state index contributed by atoms with van der Waals surface area (Å²) in [6.07, 6.45) is 2.00. The molecule has 2 aliphatic rings. The number of hydrogen-bond donors (Lipinski definition) is 0. The van der Waals surface area contributed by atoms with Crippen molar-refractivity contribution in [3.05, 3.63) is 47.5 Å². The molecular weight excluding hydrogens is 464 g/mol. The van der Waals surface area contributed by atoms with Crippen molar-refractivity contribution in [3.63, 3.8) is 0 Å². The van der Waals surface area contributed by atoms with E-state index in [0.29, 0.717) is 42.9 Å². The summed E-state index contributed by atoms with van der Waals surface area (Å²) in [5.41, 5.74) is 1.08. The zero-order chi connectivity index (χ0) is 25.4. The van der Waals surface area contributed by atoms with Gasteiger partial charge in [0.15, 0.2) is 0 Å². The number of esters is 2. The van der Waals surface area contributed by atoms with E-state index >= 15 is 0 Å². The van der Waals surface area contributed by atoms with E-state index in [1.807, 2.05) is 6.07 Å². The van der Waals surface area contributed by atoms with E-state index in [0.717, 1.165) is 44.7 Å². The van der Waals surface area contributed by atoms with Crippen molar-refractivity contribution in [3.8, 4) is 0 Å².